The van der Waals surface area contributed by atoms with E-state index < -0.39 is 300 Å². The van der Waals surface area contributed by atoms with Crippen LogP contribution < -0.4 is 42.6 Å². The molecule has 0 radical (unpaired) electrons. The second kappa shape index (κ2) is 41.7. The molecule has 0 bridgehead atoms. The molecule has 0 atom stereocenters. The van der Waals surface area contributed by atoms with Gasteiger partial charge in [0.25, 0.3) is 0 Å². The number of aromatic hydroxyl groups is 24. The lowest BCUT2D eigenvalue weighted by molar-refractivity contribution is 0.0590. The first kappa shape index (κ1) is 102. The Morgan fingerprint density at radius 2 is 0.266 bits per heavy atom. The zero-order chi connectivity index (χ0) is 102. The standard InChI is InChI=1S/C37H26O20.C30H22O16.C23H18O12.CH4/c1-13-19(38)3-14(4-20(13)39)34(49)54-26-10-16(6-22(41)30(26)45)36(51)56-28-12-18(8-24(43)32(28)47)37(52)57-27-11-17(7-23(42)31(27)46)35(50)55-25-9-15(33(48)53-2)5-21(40)29(25)44;1-11-3-12(4-16(31)23(11)35)28(40)44-21-9-14(6-18(33)25(21)37)30(42)46-22-10-15(7-19(34)26(22)38)29(41)45-20-8-13(27(39)43-2)5-17(32)24(20)36;1-9-3-10(4-13(24)18(9)27)22(31)34-17-8-12(6-15(26)20(17)29)23(32)35-16-7-11(21(30)33-2)5-14(25)19(16)28;/h3-12,38-47H,1-2H3;3-10,31-38H,1-2H3;3-8,24-29H,1-2H3;1H4. The van der Waals surface area contributed by atoms with Crippen LogP contribution in [0.25, 0.3) is 0 Å². The fourth-order valence-electron chi connectivity index (χ4n) is 11.4. The Kier molecular flexibility index (Phi) is 30.7. The lowest BCUT2D eigenvalue weighted by Crippen LogP contribution is -2.13. The molecule has 0 aliphatic heterocycles. The molecule has 12 aromatic rings. The smallest absolute Gasteiger partial charge is 0.343 e. The summed E-state index contributed by atoms with van der Waals surface area (Å²) in [7, 11) is 3.13. The van der Waals surface area contributed by atoms with E-state index in [0.29, 0.717) is 48.5 Å². The van der Waals surface area contributed by atoms with E-state index in [-0.39, 0.29) is 51.9 Å². The van der Waals surface area contributed by atoms with Gasteiger partial charge in [0.05, 0.1) is 88.1 Å². The summed E-state index contributed by atoms with van der Waals surface area (Å²) in [6.07, 6.45) is 0. The lowest BCUT2D eigenvalue weighted by atomic mass is 10.1. The molecule has 48 heteroatoms. The van der Waals surface area contributed by atoms with Crippen molar-refractivity contribution in [2.24, 2.45) is 0 Å². The Labute approximate surface area is 773 Å². The van der Waals surface area contributed by atoms with E-state index in [1.165, 1.54) is 26.8 Å². The molecule has 0 saturated heterocycles. The average molecular weight is 1930 g/mol. The average Bonchev–Trinajstić information content (AvgIpc) is 0.804. The number of phenolic OH excluding ortho intramolecular Hbond substituents is 24. The van der Waals surface area contributed by atoms with Gasteiger partial charge in [0, 0.05) is 5.56 Å². The molecule has 24 N–H and O–H groups in total. The van der Waals surface area contributed by atoms with Crippen LogP contribution in [0.3, 0.4) is 0 Å². The van der Waals surface area contributed by atoms with Crippen molar-refractivity contribution in [2.75, 3.05) is 21.3 Å². The van der Waals surface area contributed by atoms with E-state index >= 15 is 0 Å². The minimum absolute atomic E-state index is 0. The Bertz CT molecular complexity index is 7030. The highest BCUT2D eigenvalue weighted by Gasteiger charge is 2.32. The van der Waals surface area contributed by atoms with Gasteiger partial charge >= 0.3 is 71.6 Å². The van der Waals surface area contributed by atoms with Gasteiger partial charge in [0.2, 0.25) is 51.7 Å². The predicted molar refractivity (Wildman–Crippen MR) is 457 cm³/mol. The summed E-state index contributed by atoms with van der Waals surface area (Å²) < 4.78 is 58.7. The summed E-state index contributed by atoms with van der Waals surface area (Å²) >= 11 is 0. The van der Waals surface area contributed by atoms with Crippen LogP contribution in [0.5, 0.6) is 190 Å². The first-order chi connectivity index (χ1) is 64.8. The Balaban J connectivity index is 0.000000239. The number of ether oxygens (including phenoxy) is 12. The monoisotopic (exact) mass is 1930 g/mol. The Morgan fingerprint density at radius 1 is 0.158 bits per heavy atom. The van der Waals surface area contributed by atoms with E-state index in [4.69, 9.17) is 42.6 Å². The summed E-state index contributed by atoms with van der Waals surface area (Å²) in [5.41, 5.74) is -5.04. The summed E-state index contributed by atoms with van der Waals surface area (Å²) in [6, 6.07) is 19.6. The number of hydrogen-bond acceptors (Lipinski definition) is 48. The summed E-state index contributed by atoms with van der Waals surface area (Å²) in [5.74, 6) is -42.0. The van der Waals surface area contributed by atoms with Gasteiger partial charge in [-0.25, -0.2) is 57.5 Å². The lowest BCUT2D eigenvalue weighted by Gasteiger charge is -2.13. The van der Waals surface area contributed by atoms with Crippen LogP contribution in [-0.4, -0.2) is 216 Å². The molecule has 0 saturated carbocycles. The molecule has 0 fully saturated rings. The molecule has 139 heavy (non-hydrogen) atoms. The Hall–Kier alpha value is -20.5. The van der Waals surface area contributed by atoms with Gasteiger partial charge in [-0.15, -0.1) is 0 Å². The topological polar surface area (TPSA) is 801 Å². The molecular formula is C91H70O48. The molecule has 12 aromatic carbocycles. The van der Waals surface area contributed by atoms with Crippen molar-refractivity contribution in [2.45, 2.75) is 28.2 Å². The fourth-order valence-corrected chi connectivity index (χ4v) is 11.4. The summed E-state index contributed by atoms with van der Waals surface area (Å²) in [5, 5.41) is 241. The molecule has 12 rings (SSSR count). The third kappa shape index (κ3) is 22.9. The number of benzene rings is 12. The minimum atomic E-state index is -1.47. The third-order valence-corrected chi connectivity index (χ3v) is 18.6. The maximum absolute atomic E-state index is 13.1. The molecule has 0 unspecified atom stereocenters. The fraction of sp³-hybridized carbons (Fsp3) is 0.0769. The van der Waals surface area contributed by atoms with Crippen molar-refractivity contribution in [1.82, 2.24) is 0 Å². The number of carbonyl (C=O) groups is 12. The third-order valence-electron chi connectivity index (χ3n) is 18.6. The van der Waals surface area contributed by atoms with Crippen LogP contribution in [0.4, 0.5) is 0 Å². The van der Waals surface area contributed by atoms with Crippen LogP contribution in [0.15, 0.2) is 146 Å². The molecule has 0 spiro atoms. The Morgan fingerprint density at radius 3 is 0.396 bits per heavy atom. The molecule has 722 valence electrons. The highest BCUT2D eigenvalue weighted by molar-refractivity contribution is 6.02. The normalized spacial score (nSPS) is 10.5. The van der Waals surface area contributed by atoms with Gasteiger partial charge in [-0.3, -0.25) is 0 Å². The molecule has 0 amide bonds. The number of phenols is 24. The largest absolute Gasteiger partial charge is 0.508 e. The number of esters is 12. The number of aryl methyl sites for hydroxylation is 2. The molecule has 0 aliphatic rings. The zero-order valence-corrected chi connectivity index (χ0v) is 70.4. The van der Waals surface area contributed by atoms with Gasteiger partial charge in [-0.05, 0) is 177 Å². The van der Waals surface area contributed by atoms with E-state index in [1.807, 2.05) is 0 Å². The maximum Gasteiger partial charge on any atom is 0.343 e. The van der Waals surface area contributed by atoms with Crippen LogP contribution in [0, 0.1) is 20.8 Å². The van der Waals surface area contributed by atoms with Gasteiger partial charge in [0.15, 0.2) is 126 Å². The summed E-state index contributed by atoms with van der Waals surface area (Å²) in [6.45, 7) is 4.14. The number of carbonyl (C=O) groups excluding carboxylic acids is 12. The number of hydrogen-bond donors (Lipinski definition) is 24. The zero-order valence-electron chi connectivity index (χ0n) is 70.4. The molecule has 0 heterocycles. The molecule has 0 aliphatic carbocycles. The van der Waals surface area contributed by atoms with Crippen molar-refractivity contribution >= 4 is 71.6 Å². The maximum atomic E-state index is 13.1. The van der Waals surface area contributed by atoms with Gasteiger partial charge in [-0.1, -0.05) is 7.43 Å². The first-order valence-corrected chi connectivity index (χ1v) is 37.7. The SMILES string of the molecule is C.COC(=O)c1cc(O)c(O)c(OC(=O)c2cc(O)c(O)c(OC(=O)c3cc(C)c(O)c(O)c3)c2)c1.COC(=O)c1cc(O)c(O)c(OC(=O)c2cc(O)c(O)c(OC(=O)c3cc(O)c(O)c(OC(=O)c4cc(C)c(O)c(O)c4)c3)c2)c1.COC(=O)c1cc(O)c(O)c(OC(=O)c2cc(O)c(O)c(OC(=O)c3cc(O)c(O)c(OC(=O)c4cc(O)c(O)c(OC(=O)c5cc(O)c(C)c(O)c5)c4)c3)c2)c1. The van der Waals surface area contributed by atoms with Crippen LogP contribution in [0.2, 0.25) is 0 Å². The van der Waals surface area contributed by atoms with Crippen LogP contribution in [0.1, 0.15) is 148 Å². The highest BCUT2D eigenvalue weighted by atomic mass is 16.6. The molecule has 48 nitrogen and oxygen atoms in total. The van der Waals surface area contributed by atoms with Gasteiger partial charge < -0.3 is 179 Å². The van der Waals surface area contributed by atoms with Crippen LogP contribution in [-0.2, 0) is 14.2 Å². The highest BCUT2D eigenvalue weighted by Crippen LogP contribution is 2.48. The first-order valence-electron chi connectivity index (χ1n) is 37.7. The van der Waals surface area contributed by atoms with E-state index in [2.05, 4.69) is 14.2 Å². The quantitative estimate of drug-likeness (QED) is 0.0138. The second-order valence-electron chi connectivity index (χ2n) is 28.0. The predicted octanol–water partition coefficient (Wildman–Crippen LogP) is 9.89. The van der Waals surface area contributed by atoms with Gasteiger partial charge in [-0.2, -0.15) is 0 Å². The number of rotatable bonds is 21. The van der Waals surface area contributed by atoms with E-state index in [0.717, 1.165) is 112 Å². The number of methoxy groups -OCH3 is 3. The van der Waals surface area contributed by atoms with Crippen molar-refractivity contribution in [1.29, 1.82) is 0 Å². The van der Waals surface area contributed by atoms with Crippen molar-refractivity contribution in [3.8, 4) is 190 Å². The summed E-state index contributed by atoms with van der Waals surface area (Å²) in [4.78, 5) is 151. The van der Waals surface area contributed by atoms with Gasteiger partial charge in [0.1, 0.15) is 11.5 Å². The van der Waals surface area contributed by atoms with Crippen molar-refractivity contribution in [3.05, 3.63) is 229 Å². The molecular weight excluding hydrogens is 1860 g/mol. The minimum Gasteiger partial charge on any atom is -0.508 e. The van der Waals surface area contributed by atoms with E-state index in [1.54, 1.807) is 0 Å². The second-order valence-corrected chi connectivity index (χ2v) is 28.0. The van der Waals surface area contributed by atoms with Crippen molar-refractivity contribution in [3.63, 3.8) is 0 Å². The van der Waals surface area contributed by atoms with E-state index in [9.17, 15) is 180 Å². The van der Waals surface area contributed by atoms with Crippen LogP contribution >= 0.6 is 0 Å². The molecule has 0 aromatic heterocycles. The van der Waals surface area contributed by atoms with Crippen molar-refractivity contribution < 1.29 is 237 Å².